The van der Waals surface area contributed by atoms with Gasteiger partial charge in [-0.1, -0.05) is 30.3 Å². The van der Waals surface area contributed by atoms with Crippen molar-refractivity contribution in [2.75, 3.05) is 12.4 Å². The first-order valence-corrected chi connectivity index (χ1v) is 11.1. The molecule has 0 aromatic heterocycles. The van der Waals surface area contributed by atoms with E-state index in [4.69, 9.17) is 9.47 Å². The second-order valence-corrected chi connectivity index (χ2v) is 8.59. The van der Waals surface area contributed by atoms with E-state index in [1.54, 1.807) is 49.4 Å². The predicted octanol–water partition coefficient (Wildman–Crippen LogP) is 4.10. The zero-order valence-electron chi connectivity index (χ0n) is 17.5. The van der Waals surface area contributed by atoms with E-state index in [9.17, 15) is 13.2 Å². The molecule has 1 atom stereocenters. The largest absolute Gasteiger partial charge is 0.496 e. The molecule has 0 unspecified atom stereocenters. The number of sulfonamides is 1. The van der Waals surface area contributed by atoms with E-state index >= 15 is 0 Å². The molecule has 0 aliphatic rings. The summed E-state index contributed by atoms with van der Waals surface area (Å²) in [6.07, 6.45) is 0. The van der Waals surface area contributed by atoms with Crippen LogP contribution < -0.4 is 19.5 Å². The third kappa shape index (κ3) is 5.62. The SMILES string of the molecule is COc1ccc(S(=O)(=O)N[C@@H](C)C(=O)Nc2ccccc2Oc2ccccc2)cc1C. The quantitative estimate of drug-likeness (QED) is 0.550. The molecule has 0 spiro atoms. The van der Waals surface area contributed by atoms with Crippen molar-refractivity contribution < 1.29 is 22.7 Å². The molecule has 0 radical (unpaired) electrons. The van der Waals surface area contributed by atoms with Gasteiger partial charge in [0.25, 0.3) is 0 Å². The molecule has 0 saturated carbocycles. The summed E-state index contributed by atoms with van der Waals surface area (Å²) in [6.45, 7) is 3.22. The summed E-state index contributed by atoms with van der Waals surface area (Å²) < 4.78 is 38.8. The number of aryl methyl sites for hydroxylation is 1. The van der Waals surface area contributed by atoms with Crippen LogP contribution in [-0.2, 0) is 14.8 Å². The molecule has 0 aliphatic carbocycles. The molecule has 0 fully saturated rings. The van der Waals surface area contributed by atoms with Gasteiger partial charge in [-0.2, -0.15) is 4.72 Å². The Balaban J connectivity index is 1.72. The number of methoxy groups -OCH3 is 1. The highest BCUT2D eigenvalue weighted by Gasteiger charge is 2.23. The molecule has 0 aliphatic heterocycles. The fourth-order valence-corrected chi connectivity index (χ4v) is 4.18. The van der Waals surface area contributed by atoms with E-state index in [2.05, 4.69) is 10.0 Å². The number of carbonyl (C=O) groups is 1. The molecular formula is C23H24N2O5S. The Kier molecular flexibility index (Phi) is 6.94. The Morgan fingerprint density at radius 3 is 2.29 bits per heavy atom. The van der Waals surface area contributed by atoms with Crippen LogP contribution in [0.25, 0.3) is 0 Å². The molecule has 0 saturated heterocycles. The van der Waals surface area contributed by atoms with E-state index in [1.807, 2.05) is 18.2 Å². The van der Waals surface area contributed by atoms with Crippen molar-refractivity contribution >= 4 is 21.6 Å². The molecular weight excluding hydrogens is 416 g/mol. The predicted molar refractivity (Wildman–Crippen MR) is 119 cm³/mol. The van der Waals surface area contributed by atoms with Crippen molar-refractivity contribution in [1.82, 2.24) is 4.72 Å². The first-order chi connectivity index (χ1) is 14.8. The highest BCUT2D eigenvalue weighted by Crippen LogP contribution is 2.29. The van der Waals surface area contributed by atoms with Gasteiger partial charge in [0.1, 0.15) is 11.5 Å². The number of nitrogens with one attached hydrogen (secondary N) is 2. The van der Waals surface area contributed by atoms with Gasteiger partial charge >= 0.3 is 0 Å². The van der Waals surface area contributed by atoms with Crippen molar-refractivity contribution in [2.45, 2.75) is 24.8 Å². The maximum Gasteiger partial charge on any atom is 0.242 e. The lowest BCUT2D eigenvalue weighted by atomic mass is 10.2. The maximum absolute atomic E-state index is 12.7. The lowest BCUT2D eigenvalue weighted by Gasteiger charge is -2.17. The van der Waals surface area contributed by atoms with Gasteiger partial charge in [-0.05, 0) is 61.9 Å². The summed E-state index contributed by atoms with van der Waals surface area (Å²) in [5.74, 6) is 1.13. The third-order valence-electron chi connectivity index (χ3n) is 4.52. The second kappa shape index (κ2) is 9.63. The summed E-state index contributed by atoms with van der Waals surface area (Å²) in [6, 6.07) is 19.6. The summed E-state index contributed by atoms with van der Waals surface area (Å²) in [4.78, 5) is 12.7. The van der Waals surface area contributed by atoms with Crippen molar-refractivity contribution in [1.29, 1.82) is 0 Å². The van der Waals surface area contributed by atoms with Crippen LogP contribution in [0.2, 0.25) is 0 Å². The van der Waals surface area contributed by atoms with Gasteiger partial charge in [0.2, 0.25) is 15.9 Å². The first-order valence-electron chi connectivity index (χ1n) is 9.60. The molecule has 1 amide bonds. The molecule has 7 nitrogen and oxygen atoms in total. The number of anilines is 1. The minimum atomic E-state index is -3.90. The van der Waals surface area contributed by atoms with Crippen molar-refractivity contribution in [3.05, 3.63) is 78.4 Å². The number of rotatable bonds is 8. The Labute approximate surface area is 182 Å². The summed E-state index contributed by atoms with van der Waals surface area (Å²) in [5.41, 5.74) is 1.11. The number of amides is 1. The van der Waals surface area contributed by atoms with Gasteiger partial charge < -0.3 is 14.8 Å². The lowest BCUT2D eigenvalue weighted by Crippen LogP contribution is -2.41. The highest BCUT2D eigenvalue weighted by atomic mass is 32.2. The van der Waals surface area contributed by atoms with Gasteiger partial charge in [-0.15, -0.1) is 0 Å². The lowest BCUT2D eigenvalue weighted by molar-refractivity contribution is -0.117. The third-order valence-corrected chi connectivity index (χ3v) is 6.06. The van der Waals surface area contributed by atoms with Crippen LogP contribution in [0.1, 0.15) is 12.5 Å². The molecule has 3 aromatic rings. The molecule has 162 valence electrons. The minimum absolute atomic E-state index is 0.0539. The molecule has 2 N–H and O–H groups in total. The van der Waals surface area contributed by atoms with E-state index in [1.165, 1.54) is 26.2 Å². The molecule has 3 aromatic carbocycles. The topological polar surface area (TPSA) is 93.7 Å². The van der Waals surface area contributed by atoms with Crippen molar-refractivity contribution in [2.24, 2.45) is 0 Å². The number of hydrogen-bond acceptors (Lipinski definition) is 5. The van der Waals surface area contributed by atoms with Gasteiger partial charge in [-0.25, -0.2) is 8.42 Å². The smallest absolute Gasteiger partial charge is 0.242 e. The average molecular weight is 441 g/mol. The summed E-state index contributed by atoms with van der Waals surface area (Å²) in [7, 11) is -2.39. The molecule has 31 heavy (non-hydrogen) atoms. The fourth-order valence-electron chi connectivity index (χ4n) is 2.89. The summed E-state index contributed by atoms with van der Waals surface area (Å²) >= 11 is 0. The van der Waals surface area contributed by atoms with Crippen LogP contribution >= 0.6 is 0 Å². The van der Waals surface area contributed by atoms with Crippen LogP contribution in [-0.4, -0.2) is 27.5 Å². The van der Waals surface area contributed by atoms with Crippen LogP contribution in [0, 0.1) is 6.92 Å². The second-order valence-electron chi connectivity index (χ2n) is 6.87. The molecule has 0 bridgehead atoms. The zero-order valence-corrected chi connectivity index (χ0v) is 18.3. The van der Waals surface area contributed by atoms with E-state index in [0.717, 1.165) is 0 Å². The van der Waals surface area contributed by atoms with Crippen LogP contribution in [0.4, 0.5) is 5.69 Å². The Morgan fingerprint density at radius 2 is 1.61 bits per heavy atom. The number of hydrogen-bond donors (Lipinski definition) is 2. The first kappa shape index (κ1) is 22.3. The normalized spacial score (nSPS) is 12.1. The molecule has 0 heterocycles. The summed E-state index contributed by atoms with van der Waals surface area (Å²) in [5, 5.41) is 2.72. The van der Waals surface area contributed by atoms with Crippen LogP contribution in [0.5, 0.6) is 17.2 Å². The maximum atomic E-state index is 12.7. The average Bonchev–Trinajstić information content (AvgIpc) is 2.75. The van der Waals surface area contributed by atoms with Crippen molar-refractivity contribution in [3.8, 4) is 17.2 Å². The van der Waals surface area contributed by atoms with Gasteiger partial charge in [0, 0.05) is 0 Å². The fraction of sp³-hybridized carbons (Fsp3) is 0.174. The molecule has 3 rings (SSSR count). The van der Waals surface area contributed by atoms with Crippen molar-refractivity contribution in [3.63, 3.8) is 0 Å². The Hall–Kier alpha value is -3.36. The monoisotopic (exact) mass is 440 g/mol. The number of benzene rings is 3. The Morgan fingerprint density at radius 1 is 0.935 bits per heavy atom. The number of ether oxygens (including phenoxy) is 2. The highest BCUT2D eigenvalue weighted by molar-refractivity contribution is 7.89. The minimum Gasteiger partial charge on any atom is -0.496 e. The zero-order chi connectivity index (χ0) is 22.4. The van der Waals surface area contributed by atoms with Gasteiger partial charge in [0.15, 0.2) is 5.75 Å². The number of carbonyl (C=O) groups excluding carboxylic acids is 1. The van der Waals surface area contributed by atoms with Gasteiger partial charge in [-0.3, -0.25) is 4.79 Å². The standard InChI is InChI=1S/C23H24N2O5S/c1-16-15-19(13-14-21(16)29-3)31(27,28)25-17(2)23(26)24-20-11-7-8-12-22(20)30-18-9-5-4-6-10-18/h4-15,17,25H,1-3H3,(H,24,26)/t17-/m0/s1. The van der Waals surface area contributed by atoms with Crippen LogP contribution in [0.3, 0.4) is 0 Å². The van der Waals surface area contributed by atoms with Crippen LogP contribution in [0.15, 0.2) is 77.7 Å². The Bertz CT molecular complexity index is 1160. The number of para-hydroxylation sites is 3. The molecule has 8 heteroatoms. The van der Waals surface area contributed by atoms with E-state index < -0.39 is 22.0 Å². The van der Waals surface area contributed by atoms with E-state index in [0.29, 0.717) is 28.5 Å². The van der Waals surface area contributed by atoms with E-state index in [-0.39, 0.29) is 4.90 Å². The van der Waals surface area contributed by atoms with Gasteiger partial charge in [0.05, 0.1) is 23.7 Å².